The Hall–Kier alpha value is -1.18. The Morgan fingerprint density at radius 2 is 2.12 bits per heavy atom. The molecule has 0 heterocycles. The number of benzene rings is 1. The van der Waals surface area contributed by atoms with Crippen molar-refractivity contribution in [3.8, 4) is 0 Å². The van der Waals surface area contributed by atoms with Crippen LogP contribution in [0.4, 0.5) is 10.1 Å². The van der Waals surface area contributed by atoms with Crippen molar-refractivity contribution in [3.63, 3.8) is 0 Å². The second kappa shape index (κ2) is 5.24. The van der Waals surface area contributed by atoms with Crippen LogP contribution < -0.4 is 15.2 Å². The van der Waals surface area contributed by atoms with Gasteiger partial charge in [-0.25, -0.2) is 4.39 Å². The largest absolute Gasteiger partial charge is 0.329 e. The maximum Gasteiger partial charge on any atom is 0.299 e. The fourth-order valence-electron chi connectivity index (χ4n) is 1.08. The monoisotopic (exact) mass is 247 g/mol. The molecule has 0 atom stereocenters. The van der Waals surface area contributed by atoms with Gasteiger partial charge < -0.3 is 5.73 Å². The highest BCUT2D eigenvalue weighted by Gasteiger charge is 2.11. The van der Waals surface area contributed by atoms with Gasteiger partial charge in [-0.3, -0.25) is 4.72 Å². The summed E-state index contributed by atoms with van der Waals surface area (Å²) in [6.45, 7) is 1.99. The summed E-state index contributed by atoms with van der Waals surface area (Å²) in [4.78, 5) is 0. The van der Waals surface area contributed by atoms with Gasteiger partial charge in [0.2, 0.25) is 0 Å². The topological polar surface area (TPSA) is 84.2 Å². The molecule has 0 amide bonds. The zero-order valence-electron chi connectivity index (χ0n) is 8.83. The molecule has 1 aromatic carbocycles. The molecule has 4 N–H and O–H groups in total. The minimum Gasteiger partial charge on any atom is -0.329 e. The van der Waals surface area contributed by atoms with E-state index >= 15 is 0 Å². The van der Waals surface area contributed by atoms with Crippen molar-refractivity contribution in [2.45, 2.75) is 6.92 Å². The predicted octanol–water partition coefficient (Wildman–Crippen LogP) is 0.339. The fourth-order valence-corrected chi connectivity index (χ4v) is 1.99. The molecular weight excluding hydrogens is 233 g/mol. The Balaban J connectivity index is 2.80. The van der Waals surface area contributed by atoms with E-state index in [1.165, 1.54) is 12.1 Å². The van der Waals surface area contributed by atoms with Crippen LogP contribution in [0.5, 0.6) is 0 Å². The zero-order chi connectivity index (χ0) is 12.2. The molecule has 0 aliphatic carbocycles. The van der Waals surface area contributed by atoms with Crippen LogP contribution in [0.15, 0.2) is 18.2 Å². The first-order chi connectivity index (χ1) is 7.44. The first-order valence-electron chi connectivity index (χ1n) is 4.68. The van der Waals surface area contributed by atoms with E-state index < -0.39 is 16.0 Å². The maximum atomic E-state index is 13.3. The van der Waals surface area contributed by atoms with E-state index in [1.54, 1.807) is 13.0 Å². The number of nitrogens with two attached hydrogens (primary N) is 1. The molecule has 5 nitrogen and oxygen atoms in total. The molecular formula is C9H14FN3O2S. The molecule has 0 spiro atoms. The second-order valence-electron chi connectivity index (χ2n) is 3.27. The van der Waals surface area contributed by atoms with Gasteiger partial charge in [-0.1, -0.05) is 6.07 Å². The molecule has 0 unspecified atom stereocenters. The van der Waals surface area contributed by atoms with Crippen LogP contribution in [-0.2, 0) is 10.2 Å². The van der Waals surface area contributed by atoms with E-state index in [9.17, 15) is 12.8 Å². The Morgan fingerprint density at radius 3 is 2.69 bits per heavy atom. The van der Waals surface area contributed by atoms with E-state index in [4.69, 9.17) is 5.73 Å². The van der Waals surface area contributed by atoms with Crippen LogP contribution in [0.2, 0.25) is 0 Å². The van der Waals surface area contributed by atoms with E-state index in [0.717, 1.165) is 5.56 Å². The number of hydrogen-bond donors (Lipinski definition) is 3. The summed E-state index contributed by atoms with van der Waals surface area (Å²) in [5.74, 6) is -0.613. The Bertz CT molecular complexity index is 462. The van der Waals surface area contributed by atoms with Gasteiger partial charge in [0.15, 0.2) is 0 Å². The third-order valence-electron chi connectivity index (χ3n) is 1.81. The van der Waals surface area contributed by atoms with Gasteiger partial charge in [-0.2, -0.15) is 13.1 Å². The SMILES string of the molecule is Cc1ccc(NS(=O)(=O)NCCN)c(F)c1. The van der Waals surface area contributed by atoms with Gasteiger partial charge in [0, 0.05) is 13.1 Å². The normalized spacial score (nSPS) is 11.4. The third kappa shape index (κ3) is 3.76. The van der Waals surface area contributed by atoms with Gasteiger partial charge in [-0.15, -0.1) is 0 Å². The van der Waals surface area contributed by atoms with Crippen LogP contribution in [0.3, 0.4) is 0 Å². The molecule has 0 aliphatic rings. The molecule has 0 saturated heterocycles. The summed E-state index contributed by atoms with van der Waals surface area (Å²) >= 11 is 0. The summed E-state index contributed by atoms with van der Waals surface area (Å²) in [5.41, 5.74) is 5.78. The van der Waals surface area contributed by atoms with Gasteiger partial charge in [0.25, 0.3) is 10.2 Å². The highest BCUT2D eigenvalue weighted by Crippen LogP contribution is 2.15. The van der Waals surface area contributed by atoms with Crippen molar-refractivity contribution in [2.24, 2.45) is 5.73 Å². The van der Waals surface area contributed by atoms with Crippen molar-refractivity contribution in [1.82, 2.24) is 4.72 Å². The fraction of sp³-hybridized carbons (Fsp3) is 0.333. The molecule has 0 radical (unpaired) electrons. The first kappa shape index (κ1) is 12.9. The number of aryl methyl sites for hydroxylation is 1. The minimum absolute atomic E-state index is 0.0879. The Labute approximate surface area is 94.0 Å². The van der Waals surface area contributed by atoms with Crippen LogP contribution in [0, 0.1) is 12.7 Å². The number of hydrogen-bond acceptors (Lipinski definition) is 3. The molecule has 7 heteroatoms. The molecule has 0 bridgehead atoms. The van der Waals surface area contributed by atoms with Crippen molar-refractivity contribution >= 4 is 15.9 Å². The molecule has 16 heavy (non-hydrogen) atoms. The van der Waals surface area contributed by atoms with Crippen LogP contribution in [-0.4, -0.2) is 21.5 Å². The van der Waals surface area contributed by atoms with Gasteiger partial charge in [0.05, 0.1) is 5.69 Å². The Kier molecular flexibility index (Phi) is 4.22. The summed E-state index contributed by atoms with van der Waals surface area (Å²) in [6.07, 6.45) is 0. The van der Waals surface area contributed by atoms with Crippen LogP contribution in [0.25, 0.3) is 0 Å². The van der Waals surface area contributed by atoms with E-state index in [0.29, 0.717) is 0 Å². The lowest BCUT2D eigenvalue weighted by Gasteiger charge is -2.09. The summed E-state index contributed by atoms with van der Waals surface area (Å²) in [5, 5.41) is 0. The quantitative estimate of drug-likeness (QED) is 0.701. The summed E-state index contributed by atoms with van der Waals surface area (Å²) in [7, 11) is -3.75. The Morgan fingerprint density at radius 1 is 1.44 bits per heavy atom. The lowest BCUT2D eigenvalue weighted by molar-refractivity contribution is 0.585. The standard InChI is InChI=1S/C9H14FN3O2S/c1-7-2-3-9(8(10)6-7)13-16(14,15)12-5-4-11/h2-3,6,12-13H,4-5,11H2,1H3. The molecule has 0 fully saturated rings. The smallest absolute Gasteiger partial charge is 0.299 e. The van der Waals surface area contributed by atoms with Crippen molar-refractivity contribution in [2.75, 3.05) is 17.8 Å². The molecule has 0 saturated carbocycles. The van der Waals surface area contributed by atoms with Crippen molar-refractivity contribution in [3.05, 3.63) is 29.6 Å². The molecule has 0 aromatic heterocycles. The zero-order valence-corrected chi connectivity index (χ0v) is 9.64. The second-order valence-corrected chi connectivity index (χ2v) is 4.77. The lowest BCUT2D eigenvalue weighted by Crippen LogP contribution is -2.34. The number of rotatable bonds is 5. The van der Waals surface area contributed by atoms with Crippen molar-refractivity contribution in [1.29, 1.82) is 0 Å². The van der Waals surface area contributed by atoms with Gasteiger partial charge in [-0.05, 0) is 24.6 Å². The highest BCUT2D eigenvalue weighted by atomic mass is 32.2. The van der Waals surface area contributed by atoms with Crippen LogP contribution >= 0.6 is 0 Å². The molecule has 90 valence electrons. The predicted molar refractivity (Wildman–Crippen MR) is 60.7 cm³/mol. The minimum atomic E-state index is -3.75. The lowest BCUT2D eigenvalue weighted by atomic mass is 10.2. The number of nitrogens with one attached hydrogen (secondary N) is 2. The van der Waals surface area contributed by atoms with E-state index in [1.807, 2.05) is 0 Å². The average molecular weight is 247 g/mol. The summed E-state index contributed by atoms with van der Waals surface area (Å²) in [6, 6.07) is 4.23. The van der Waals surface area contributed by atoms with Gasteiger partial charge in [0.1, 0.15) is 5.82 Å². The average Bonchev–Trinajstić information content (AvgIpc) is 2.19. The number of halogens is 1. The maximum absolute atomic E-state index is 13.3. The summed E-state index contributed by atoms with van der Waals surface area (Å²) < 4.78 is 40.3. The van der Waals surface area contributed by atoms with Gasteiger partial charge >= 0.3 is 0 Å². The van der Waals surface area contributed by atoms with Crippen molar-refractivity contribution < 1.29 is 12.8 Å². The van der Waals surface area contributed by atoms with E-state index in [-0.39, 0.29) is 18.8 Å². The third-order valence-corrected chi connectivity index (χ3v) is 2.88. The first-order valence-corrected chi connectivity index (χ1v) is 6.16. The van der Waals surface area contributed by atoms with E-state index in [2.05, 4.69) is 9.44 Å². The molecule has 0 aliphatic heterocycles. The number of anilines is 1. The highest BCUT2D eigenvalue weighted by molar-refractivity contribution is 7.90. The molecule has 1 aromatic rings. The van der Waals surface area contributed by atoms with Crippen LogP contribution in [0.1, 0.15) is 5.56 Å². The molecule has 1 rings (SSSR count).